The van der Waals surface area contributed by atoms with Crippen LogP contribution in [0.25, 0.3) is 0 Å². The smallest absolute Gasteiger partial charge is 0.246 e. The Morgan fingerprint density at radius 3 is 1.87 bits per heavy atom. The summed E-state index contributed by atoms with van der Waals surface area (Å²) in [4.78, 5) is 25.0. The lowest BCUT2D eigenvalue weighted by atomic mass is 9.68. The van der Waals surface area contributed by atoms with Crippen LogP contribution in [0.3, 0.4) is 0 Å². The molecule has 0 spiro atoms. The Kier molecular flexibility index (Phi) is 11.3. The van der Waals surface area contributed by atoms with E-state index in [1.165, 1.54) is 77.0 Å². The molecule has 0 atom stereocenters. The minimum absolute atomic E-state index is 0.0132. The molecule has 0 aromatic carbocycles. The van der Waals surface area contributed by atoms with E-state index in [0.29, 0.717) is 5.82 Å². The monoisotopic (exact) mass is 432 g/mol. The molecule has 0 radical (unpaired) electrons. The highest BCUT2D eigenvalue weighted by atomic mass is 16.5. The molecule has 3 aliphatic rings. The number of ether oxygens (including phenoxy) is 1. The summed E-state index contributed by atoms with van der Waals surface area (Å²) in [6.07, 6.45) is 21.6. The SMILES string of the molecule is O=C(COC1CCCCCCC1)NC1CCC(C(=O)NBC2CCCCCCC2)CC1. The second-order valence-corrected chi connectivity index (χ2v) is 10.4. The van der Waals surface area contributed by atoms with Crippen LogP contribution >= 0.6 is 0 Å². The van der Waals surface area contributed by atoms with E-state index in [4.69, 9.17) is 4.74 Å². The van der Waals surface area contributed by atoms with Crippen LogP contribution in [0.15, 0.2) is 0 Å². The number of amides is 2. The Balaban J connectivity index is 1.27. The van der Waals surface area contributed by atoms with Crippen molar-refractivity contribution in [2.75, 3.05) is 6.61 Å². The van der Waals surface area contributed by atoms with E-state index in [-0.39, 0.29) is 36.5 Å². The third kappa shape index (κ3) is 9.55. The molecule has 0 bridgehead atoms. The molecule has 3 fully saturated rings. The number of hydrogen-bond acceptors (Lipinski definition) is 3. The summed E-state index contributed by atoms with van der Waals surface area (Å²) in [5.74, 6) is 1.03. The Morgan fingerprint density at radius 2 is 1.26 bits per heavy atom. The molecule has 5 nitrogen and oxygen atoms in total. The van der Waals surface area contributed by atoms with E-state index in [1.54, 1.807) is 0 Å². The molecule has 0 aromatic rings. The molecule has 3 aliphatic carbocycles. The zero-order chi connectivity index (χ0) is 21.7. The zero-order valence-corrected chi connectivity index (χ0v) is 19.7. The third-order valence-electron chi connectivity index (χ3n) is 7.76. The van der Waals surface area contributed by atoms with Crippen LogP contribution in [0.5, 0.6) is 0 Å². The summed E-state index contributed by atoms with van der Waals surface area (Å²) in [5, 5.41) is 6.39. The molecule has 6 heteroatoms. The first-order chi connectivity index (χ1) is 15.2. The molecular formula is C25H45BN2O3. The van der Waals surface area contributed by atoms with Gasteiger partial charge in [0.05, 0.1) is 6.10 Å². The largest absolute Gasteiger partial charge is 0.402 e. The van der Waals surface area contributed by atoms with Gasteiger partial charge < -0.3 is 15.3 Å². The maximum atomic E-state index is 12.6. The molecule has 176 valence electrons. The molecule has 2 amide bonds. The van der Waals surface area contributed by atoms with Crippen LogP contribution in [-0.2, 0) is 14.3 Å². The normalized spacial score (nSPS) is 27.2. The third-order valence-corrected chi connectivity index (χ3v) is 7.76. The van der Waals surface area contributed by atoms with Crippen molar-refractivity contribution in [3.8, 4) is 0 Å². The van der Waals surface area contributed by atoms with Crippen LogP contribution in [0.4, 0.5) is 0 Å². The van der Waals surface area contributed by atoms with Crippen LogP contribution in [-0.4, -0.2) is 38.0 Å². The second-order valence-electron chi connectivity index (χ2n) is 10.4. The van der Waals surface area contributed by atoms with Crippen molar-refractivity contribution in [2.45, 2.75) is 134 Å². The maximum absolute atomic E-state index is 12.6. The standard InChI is InChI=1S/C25H45BN2O3/c29-24(19-31-23-13-9-5-2-6-10-14-23)27-22-17-15-20(16-18-22)25(30)28-26-21-11-7-3-1-4-8-12-21/h20-23,26H,1-19H2,(H,27,29)(H,28,30). The van der Waals surface area contributed by atoms with Gasteiger partial charge in [0.1, 0.15) is 6.61 Å². The summed E-state index contributed by atoms with van der Waals surface area (Å²) in [6, 6.07) is 0.197. The predicted octanol–water partition coefficient (Wildman–Crippen LogP) is 4.79. The van der Waals surface area contributed by atoms with Gasteiger partial charge in [0, 0.05) is 12.0 Å². The molecule has 3 saturated carbocycles. The summed E-state index contributed by atoms with van der Waals surface area (Å²) in [6.45, 7) is 0.187. The number of nitrogens with one attached hydrogen (secondary N) is 2. The van der Waals surface area contributed by atoms with Gasteiger partial charge in [-0.25, -0.2) is 0 Å². The Bertz CT molecular complexity index is 521. The van der Waals surface area contributed by atoms with Crippen molar-refractivity contribution < 1.29 is 14.3 Å². The molecule has 0 aromatic heterocycles. The van der Waals surface area contributed by atoms with E-state index < -0.39 is 0 Å². The van der Waals surface area contributed by atoms with Gasteiger partial charge in [0.25, 0.3) is 0 Å². The minimum atomic E-state index is 0.0132. The van der Waals surface area contributed by atoms with Crippen molar-refractivity contribution >= 4 is 19.2 Å². The topological polar surface area (TPSA) is 67.4 Å². The molecule has 31 heavy (non-hydrogen) atoms. The Morgan fingerprint density at radius 1 is 0.710 bits per heavy atom. The highest BCUT2D eigenvalue weighted by molar-refractivity contribution is 6.39. The first kappa shape index (κ1) is 24.6. The van der Waals surface area contributed by atoms with Gasteiger partial charge in [-0.15, -0.1) is 0 Å². The van der Waals surface area contributed by atoms with Crippen molar-refractivity contribution in [1.29, 1.82) is 0 Å². The fourth-order valence-electron chi connectivity index (χ4n) is 5.68. The summed E-state index contributed by atoms with van der Waals surface area (Å²) in [5.41, 5.74) is 0. The van der Waals surface area contributed by atoms with Gasteiger partial charge in [-0.3, -0.25) is 9.59 Å². The van der Waals surface area contributed by atoms with Crippen LogP contribution in [0.2, 0.25) is 5.82 Å². The highest BCUT2D eigenvalue weighted by Crippen LogP contribution is 2.27. The first-order valence-corrected chi connectivity index (χ1v) is 13.4. The van der Waals surface area contributed by atoms with Crippen molar-refractivity contribution in [3.63, 3.8) is 0 Å². The number of carbonyl (C=O) groups is 2. The van der Waals surface area contributed by atoms with Gasteiger partial charge in [0.15, 0.2) is 0 Å². The molecule has 2 N–H and O–H groups in total. The van der Waals surface area contributed by atoms with Gasteiger partial charge >= 0.3 is 0 Å². The molecule has 0 heterocycles. The van der Waals surface area contributed by atoms with E-state index >= 15 is 0 Å². The van der Waals surface area contributed by atoms with Gasteiger partial charge in [-0.1, -0.05) is 77.0 Å². The molecule has 3 rings (SSSR count). The van der Waals surface area contributed by atoms with Crippen molar-refractivity contribution in [2.24, 2.45) is 5.92 Å². The summed E-state index contributed by atoms with van der Waals surface area (Å²) in [7, 11) is 0.855. The lowest BCUT2D eigenvalue weighted by Gasteiger charge is -2.29. The zero-order valence-electron chi connectivity index (χ0n) is 19.7. The summed E-state index contributed by atoms with van der Waals surface area (Å²) >= 11 is 0. The lowest BCUT2D eigenvalue weighted by Crippen LogP contribution is -2.43. The minimum Gasteiger partial charge on any atom is -0.402 e. The number of hydrogen-bond donors (Lipinski definition) is 2. The Hall–Kier alpha value is -1.04. The van der Waals surface area contributed by atoms with Gasteiger partial charge in [-0.05, 0) is 44.3 Å². The number of rotatable bonds is 7. The van der Waals surface area contributed by atoms with Gasteiger partial charge in [0.2, 0.25) is 19.2 Å². The first-order valence-electron chi connectivity index (χ1n) is 13.4. The van der Waals surface area contributed by atoms with Gasteiger partial charge in [-0.2, -0.15) is 0 Å². The van der Waals surface area contributed by atoms with E-state index in [0.717, 1.165) is 45.9 Å². The van der Waals surface area contributed by atoms with Crippen molar-refractivity contribution in [1.82, 2.24) is 10.5 Å². The molecular weight excluding hydrogens is 387 g/mol. The quantitative estimate of drug-likeness (QED) is 0.569. The van der Waals surface area contributed by atoms with E-state index in [2.05, 4.69) is 10.5 Å². The highest BCUT2D eigenvalue weighted by Gasteiger charge is 2.28. The van der Waals surface area contributed by atoms with Crippen LogP contribution < -0.4 is 10.5 Å². The molecule has 0 unspecified atom stereocenters. The second kappa shape index (κ2) is 14.2. The van der Waals surface area contributed by atoms with Crippen LogP contribution in [0, 0.1) is 5.92 Å². The molecule has 0 aliphatic heterocycles. The van der Waals surface area contributed by atoms with E-state index in [1.807, 2.05) is 0 Å². The van der Waals surface area contributed by atoms with E-state index in [9.17, 15) is 9.59 Å². The average Bonchev–Trinajstić information content (AvgIpc) is 2.72. The van der Waals surface area contributed by atoms with Crippen LogP contribution in [0.1, 0.15) is 116 Å². The average molecular weight is 432 g/mol. The predicted molar refractivity (Wildman–Crippen MR) is 127 cm³/mol. The number of carbonyl (C=O) groups excluding carboxylic acids is 2. The maximum Gasteiger partial charge on any atom is 0.246 e. The summed E-state index contributed by atoms with van der Waals surface area (Å²) < 4.78 is 5.91. The molecule has 0 saturated heterocycles. The fourth-order valence-corrected chi connectivity index (χ4v) is 5.68. The lowest BCUT2D eigenvalue weighted by molar-refractivity contribution is -0.129. The fraction of sp³-hybridized carbons (Fsp3) is 0.920. The Labute approximate surface area is 190 Å². The van der Waals surface area contributed by atoms with Crippen molar-refractivity contribution in [3.05, 3.63) is 0 Å².